The minimum atomic E-state index is -0.382. The third-order valence-corrected chi connectivity index (χ3v) is 1.89. The summed E-state index contributed by atoms with van der Waals surface area (Å²) < 4.78 is 0. The van der Waals surface area contributed by atoms with Crippen LogP contribution < -0.4 is 10.9 Å². The van der Waals surface area contributed by atoms with Crippen LogP contribution in [0.4, 0.5) is 0 Å². The van der Waals surface area contributed by atoms with E-state index in [9.17, 15) is 9.59 Å². The molecular weight excluding hydrogens is 216 g/mol. The van der Waals surface area contributed by atoms with E-state index in [-0.39, 0.29) is 11.8 Å². The lowest BCUT2D eigenvalue weighted by molar-refractivity contribution is -0.117. The fourth-order valence-corrected chi connectivity index (χ4v) is 1.08. The molecule has 0 heterocycles. The molecule has 0 radical (unpaired) electrons. The zero-order valence-electron chi connectivity index (χ0n) is 9.51. The molecule has 1 aromatic carbocycles. The molecule has 0 spiro atoms. The van der Waals surface area contributed by atoms with Gasteiger partial charge in [-0.15, -0.1) is 0 Å². The summed E-state index contributed by atoms with van der Waals surface area (Å²) in [6.07, 6.45) is 6.43. The summed E-state index contributed by atoms with van der Waals surface area (Å²) in [6.45, 7) is 1.85. The number of carbonyl (C=O) groups is 2. The fraction of sp³-hybridized carbons (Fsp3) is 0.0769. The normalized spacial score (nSPS) is 10.6. The highest BCUT2D eigenvalue weighted by atomic mass is 16.2. The van der Waals surface area contributed by atoms with E-state index in [0.29, 0.717) is 5.56 Å². The van der Waals surface area contributed by atoms with Crippen molar-refractivity contribution in [1.29, 1.82) is 0 Å². The second-order valence-corrected chi connectivity index (χ2v) is 3.19. The number of carbonyl (C=O) groups excluding carboxylic acids is 2. The Bertz CT molecular complexity index is 436. The molecule has 0 saturated carbocycles. The predicted molar refractivity (Wildman–Crippen MR) is 66.0 cm³/mol. The van der Waals surface area contributed by atoms with Gasteiger partial charge in [0.05, 0.1) is 0 Å². The second-order valence-electron chi connectivity index (χ2n) is 3.19. The minimum absolute atomic E-state index is 0.349. The Kier molecular flexibility index (Phi) is 5.24. The SMILES string of the molecule is CC=CC=CC(=O)NNC(=O)c1ccccc1. The molecule has 0 aliphatic rings. The molecule has 0 unspecified atom stereocenters. The van der Waals surface area contributed by atoms with Crippen molar-refractivity contribution >= 4 is 11.8 Å². The Hall–Kier alpha value is -2.36. The quantitative estimate of drug-likeness (QED) is 0.470. The van der Waals surface area contributed by atoms with Crippen LogP contribution in [0.5, 0.6) is 0 Å². The Morgan fingerprint density at radius 3 is 2.41 bits per heavy atom. The van der Waals surface area contributed by atoms with E-state index in [4.69, 9.17) is 0 Å². The van der Waals surface area contributed by atoms with Gasteiger partial charge in [-0.25, -0.2) is 0 Å². The van der Waals surface area contributed by atoms with Crippen LogP contribution in [0.3, 0.4) is 0 Å². The molecule has 17 heavy (non-hydrogen) atoms. The average molecular weight is 230 g/mol. The number of amides is 2. The number of rotatable bonds is 3. The number of hydrogen-bond acceptors (Lipinski definition) is 2. The molecule has 88 valence electrons. The minimum Gasteiger partial charge on any atom is -0.268 e. The van der Waals surface area contributed by atoms with Gasteiger partial charge in [0.1, 0.15) is 0 Å². The fourth-order valence-electron chi connectivity index (χ4n) is 1.08. The zero-order chi connectivity index (χ0) is 12.5. The maximum absolute atomic E-state index is 11.5. The molecule has 1 aromatic rings. The number of hydrazine groups is 1. The van der Waals surface area contributed by atoms with Crippen molar-refractivity contribution in [3.8, 4) is 0 Å². The first-order valence-electron chi connectivity index (χ1n) is 5.18. The Morgan fingerprint density at radius 2 is 1.76 bits per heavy atom. The number of benzene rings is 1. The molecule has 2 N–H and O–H groups in total. The lowest BCUT2D eigenvalue weighted by Gasteiger charge is -2.04. The molecule has 0 aliphatic heterocycles. The highest BCUT2D eigenvalue weighted by Gasteiger charge is 2.03. The topological polar surface area (TPSA) is 58.2 Å². The van der Waals surface area contributed by atoms with Crippen molar-refractivity contribution in [3.63, 3.8) is 0 Å². The van der Waals surface area contributed by atoms with Gasteiger partial charge in [-0.3, -0.25) is 20.4 Å². The number of allylic oxidation sites excluding steroid dienone is 3. The van der Waals surface area contributed by atoms with Crippen molar-refractivity contribution in [3.05, 3.63) is 60.2 Å². The molecule has 2 amide bonds. The summed E-state index contributed by atoms with van der Waals surface area (Å²) in [6, 6.07) is 8.65. The molecule has 4 heteroatoms. The molecule has 0 aromatic heterocycles. The van der Waals surface area contributed by atoms with Gasteiger partial charge in [-0.05, 0) is 19.1 Å². The number of hydrogen-bond donors (Lipinski definition) is 2. The first-order valence-corrected chi connectivity index (χ1v) is 5.18. The van der Waals surface area contributed by atoms with E-state index in [1.807, 2.05) is 13.0 Å². The summed E-state index contributed by atoms with van der Waals surface area (Å²) >= 11 is 0. The van der Waals surface area contributed by atoms with Gasteiger partial charge in [0.2, 0.25) is 0 Å². The monoisotopic (exact) mass is 230 g/mol. The summed E-state index contributed by atoms with van der Waals surface area (Å²) in [5, 5.41) is 0. The van der Waals surface area contributed by atoms with E-state index >= 15 is 0 Å². The van der Waals surface area contributed by atoms with Crippen LogP contribution in [-0.4, -0.2) is 11.8 Å². The van der Waals surface area contributed by atoms with Crippen LogP contribution in [0.1, 0.15) is 17.3 Å². The van der Waals surface area contributed by atoms with E-state index in [1.165, 1.54) is 6.08 Å². The molecule has 0 fully saturated rings. The van der Waals surface area contributed by atoms with Crippen LogP contribution in [0.25, 0.3) is 0 Å². The van der Waals surface area contributed by atoms with Gasteiger partial charge >= 0.3 is 0 Å². The largest absolute Gasteiger partial charge is 0.269 e. The highest BCUT2D eigenvalue weighted by molar-refractivity contribution is 5.96. The third kappa shape index (κ3) is 4.79. The van der Waals surface area contributed by atoms with Gasteiger partial charge in [0.25, 0.3) is 11.8 Å². The molecule has 0 atom stereocenters. The van der Waals surface area contributed by atoms with E-state index < -0.39 is 0 Å². The van der Waals surface area contributed by atoms with Crippen LogP contribution >= 0.6 is 0 Å². The van der Waals surface area contributed by atoms with Gasteiger partial charge < -0.3 is 0 Å². The van der Waals surface area contributed by atoms with Gasteiger partial charge in [0.15, 0.2) is 0 Å². The Morgan fingerprint density at radius 1 is 1.06 bits per heavy atom. The Labute approximate surface area is 100.0 Å². The lowest BCUT2D eigenvalue weighted by atomic mass is 10.2. The predicted octanol–water partition coefficient (Wildman–Crippen LogP) is 1.58. The van der Waals surface area contributed by atoms with Gasteiger partial charge in [-0.2, -0.15) is 0 Å². The molecule has 1 rings (SSSR count). The maximum atomic E-state index is 11.5. The van der Waals surface area contributed by atoms with E-state index in [0.717, 1.165) is 0 Å². The van der Waals surface area contributed by atoms with Gasteiger partial charge in [0, 0.05) is 11.6 Å². The molecule has 0 bridgehead atoms. The van der Waals surface area contributed by atoms with E-state index in [1.54, 1.807) is 42.5 Å². The summed E-state index contributed by atoms with van der Waals surface area (Å²) in [5.74, 6) is -0.731. The van der Waals surface area contributed by atoms with Crippen LogP contribution in [-0.2, 0) is 4.79 Å². The Balaban J connectivity index is 2.41. The third-order valence-electron chi connectivity index (χ3n) is 1.89. The van der Waals surface area contributed by atoms with Crippen molar-refractivity contribution in [1.82, 2.24) is 10.9 Å². The first kappa shape index (κ1) is 12.7. The van der Waals surface area contributed by atoms with Crippen LogP contribution in [0.2, 0.25) is 0 Å². The lowest BCUT2D eigenvalue weighted by Crippen LogP contribution is -2.40. The maximum Gasteiger partial charge on any atom is 0.269 e. The summed E-state index contributed by atoms with van der Waals surface area (Å²) in [7, 11) is 0. The second kappa shape index (κ2) is 7.00. The van der Waals surface area contributed by atoms with Crippen LogP contribution in [0.15, 0.2) is 54.6 Å². The van der Waals surface area contributed by atoms with Crippen LogP contribution in [0, 0.1) is 0 Å². The highest BCUT2D eigenvalue weighted by Crippen LogP contribution is 1.96. The van der Waals surface area contributed by atoms with E-state index in [2.05, 4.69) is 10.9 Å². The van der Waals surface area contributed by atoms with Gasteiger partial charge in [-0.1, -0.05) is 36.4 Å². The van der Waals surface area contributed by atoms with Crippen molar-refractivity contribution in [2.75, 3.05) is 0 Å². The van der Waals surface area contributed by atoms with Crippen molar-refractivity contribution < 1.29 is 9.59 Å². The standard InChI is InChI=1S/C13H14N2O2/c1-2-3-5-10-12(16)14-15-13(17)11-8-6-4-7-9-11/h2-10H,1H3,(H,14,16)(H,15,17). The zero-order valence-corrected chi connectivity index (χ0v) is 9.51. The van der Waals surface area contributed by atoms with Crippen molar-refractivity contribution in [2.24, 2.45) is 0 Å². The molecule has 0 saturated heterocycles. The summed E-state index contributed by atoms with van der Waals surface area (Å²) in [5.41, 5.74) is 5.08. The molecule has 4 nitrogen and oxygen atoms in total. The number of nitrogens with one attached hydrogen (secondary N) is 2. The average Bonchev–Trinajstić information content (AvgIpc) is 2.37. The van der Waals surface area contributed by atoms with Crippen molar-refractivity contribution in [2.45, 2.75) is 6.92 Å². The molecule has 0 aliphatic carbocycles. The molecular formula is C13H14N2O2. The smallest absolute Gasteiger partial charge is 0.268 e. The summed E-state index contributed by atoms with van der Waals surface area (Å²) in [4.78, 5) is 22.7. The first-order chi connectivity index (χ1) is 8.24.